The summed E-state index contributed by atoms with van der Waals surface area (Å²) in [5, 5.41) is 0. The van der Waals surface area contributed by atoms with E-state index >= 15 is 0 Å². The number of rotatable bonds is 6. The summed E-state index contributed by atoms with van der Waals surface area (Å²) >= 11 is 0. The highest BCUT2D eigenvalue weighted by molar-refractivity contribution is 5.70. The van der Waals surface area contributed by atoms with Crippen LogP contribution in [0.5, 0.6) is 5.75 Å². The Hall–Kier alpha value is -1.69. The fourth-order valence-electron chi connectivity index (χ4n) is 3.34. The highest BCUT2D eigenvalue weighted by atomic mass is 19.4. The second-order valence-electron chi connectivity index (χ2n) is 6.52. The molecule has 1 aliphatic rings. The van der Waals surface area contributed by atoms with Gasteiger partial charge < -0.3 is 15.2 Å². The fourth-order valence-corrected chi connectivity index (χ4v) is 3.34. The second-order valence-corrected chi connectivity index (χ2v) is 6.52. The van der Waals surface area contributed by atoms with Crippen molar-refractivity contribution in [3.8, 4) is 5.75 Å². The normalized spacial score (nSPS) is 20.6. The molecule has 0 radical (unpaired) electrons. The molecule has 1 aromatic carbocycles. The molecule has 1 aromatic rings. The van der Waals surface area contributed by atoms with Crippen LogP contribution in [0.4, 0.5) is 13.2 Å². The van der Waals surface area contributed by atoms with Crippen molar-refractivity contribution in [2.45, 2.75) is 65.2 Å². The largest absolute Gasteiger partial charge is 0.493 e. The van der Waals surface area contributed by atoms with Crippen molar-refractivity contribution in [1.29, 1.82) is 0 Å². The lowest BCUT2D eigenvalue weighted by atomic mass is 9.79. The van der Waals surface area contributed by atoms with Crippen molar-refractivity contribution in [3.05, 3.63) is 35.5 Å². The van der Waals surface area contributed by atoms with Crippen LogP contribution in [0.1, 0.15) is 57.1 Å². The van der Waals surface area contributed by atoms with Crippen molar-refractivity contribution in [2.75, 3.05) is 13.7 Å². The van der Waals surface area contributed by atoms with E-state index in [2.05, 4.69) is 0 Å². The van der Waals surface area contributed by atoms with Gasteiger partial charge in [-0.25, -0.2) is 0 Å². The van der Waals surface area contributed by atoms with Gasteiger partial charge in [-0.3, -0.25) is 0 Å². The first-order chi connectivity index (χ1) is 12.8. The topological polar surface area (TPSA) is 44.5 Å². The third kappa shape index (κ3) is 7.45. The molecular weight excluding hydrogens is 355 g/mol. The molecule has 0 spiro atoms. The number of alkyl halides is 3. The lowest BCUT2D eigenvalue weighted by Gasteiger charge is -2.30. The number of benzene rings is 1. The summed E-state index contributed by atoms with van der Waals surface area (Å²) < 4.78 is 47.5. The molecule has 0 saturated heterocycles. The number of halogens is 3. The first-order valence-electron chi connectivity index (χ1n) is 9.59. The smallest absolute Gasteiger partial charge is 0.392 e. The van der Waals surface area contributed by atoms with E-state index in [9.17, 15) is 13.2 Å². The van der Waals surface area contributed by atoms with Gasteiger partial charge in [0.25, 0.3) is 0 Å². The molecule has 0 aliphatic heterocycles. The van der Waals surface area contributed by atoms with E-state index in [1.165, 1.54) is 0 Å². The monoisotopic (exact) mass is 387 g/mol. The zero-order chi connectivity index (χ0) is 20.4. The van der Waals surface area contributed by atoms with Crippen molar-refractivity contribution >= 4 is 5.57 Å². The minimum atomic E-state index is -4.21. The lowest BCUT2D eigenvalue weighted by molar-refractivity contribution is -0.139. The van der Waals surface area contributed by atoms with E-state index in [4.69, 9.17) is 15.2 Å². The Morgan fingerprint density at radius 2 is 1.81 bits per heavy atom. The van der Waals surface area contributed by atoms with Crippen molar-refractivity contribution in [1.82, 2.24) is 0 Å². The summed E-state index contributed by atoms with van der Waals surface area (Å²) in [6.07, 6.45) is 0.694. The first kappa shape index (κ1) is 23.3. The Bertz CT molecular complexity index is 592. The summed E-state index contributed by atoms with van der Waals surface area (Å²) in [5.41, 5.74) is 8.92. The van der Waals surface area contributed by atoms with Crippen LogP contribution >= 0.6 is 0 Å². The van der Waals surface area contributed by atoms with Crippen LogP contribution in [0.2, 0.25) is 0 Å². The van der Waals surface area contributed by atoms with E-state index in [1.807, 2.05) is 26.8 Å². The molecule has 2 N–H and O–H groups in total. The van der Waals surface area contributed by atoms with Crippen molar-refractivity contribution in [3.63, 3.8) is 0 Å². The van der Waals surface area contributed by atoms with Gasteiger partial charge in [-0.2, -0.15) is 13.2 Å². The number of methoxy groups -OCH3 is 1. The van der Waals surface area contributed by atoms with E-state index in [1.54, 1.807) is 25.4 Å². The van der Waals surface area contributed by atoms with Crippen LogP contribution in [0.15, 0.2) is 24.4 Å². The van der Waals surface area contributed by atoms with Crippen LogP contribution in [-0.4, -0.2) is 26.0 Å². The second kappa shape index (κ2) is 11.2. The van der Waals surface area contributed by atoms with Crippen LogP contribution < -0.4 is 10.5 Å². The first-order valence-corrected chi connectivity index (χ1v) is 9.59. The van der Waals surface area contributed by atoms with E-state index in [0.29, 0.717) is 17.8 Å². The van der Waals surface area contributed by atoms with Gasteiger partial charge in [0.05, 0.1) is 19.1 Å². The summed E-state index contributed by atoms with van der Waals surface area (Å²) in [7, 11) is 1.73. The van der Waals surface area contributed by atoms with Gasteiger partial charge in [0.1, 0.15) is 5.75 Å². The number of ether oxygens (including phenoxy) is 2. The molecule has 0 heterocycles. The highest BCUT2D eigenvalue weighted by Gasteiger charge is 2.27. The van der Waals surface area contributed by atoms with Crippen LogP contribution in [0.3, 0.4) is 0 Å². The lowest BCUT2D eigenvalue weighted by Crippen LogP contribution is -2.21. The Morgan fingerprint density at radius 1 is 1.19 bits per heavy atom. The Balaban J connectivity index is 0.00000176. The molecule has 6 heteroatoms. The number of aryl methyl sites for hydroxylation is 1. The highest BCUT2D eigenvalue weighted by Crippen LogP contribution is 2.38. The van der Waals surface area contributed by atoms with E-state index < -0.39 is 12.6 Å². The van der Waals surface area contributed by atoms with Gasteiger partial charge in [0.15, 0.2) is 0 Å². The molecule has 0 amide bonds. The SMILES string of the molecule is CC.COC1CCC(/C(=C\N)c2cc(OCCC(F)(F)F)ccc2C)CC1. The molecule has 2 rings (SSSR count). The maximum absolute atomic E-state index is 12.3. The Kier molecular flexibility index (Phi) is 9.70. The quantitative estimate of drug-likeness (QED) is 0.665. The van der Waals surface area contributed by atoms with Gasteiger partial charge >= 0.3 is 6.18 Å². The van der Waals surface area contributed by atoms with Crippen LogP contribution in [0.25, 0.3) is 5.57 Å². The zero-order valence-corrected chi connectivity index (χ0v) is 16.7. The molecule has 0 unspecified atom stereocenters. The summed E-state index contributed by atoms with van der Waals surface area (Å²) in [6, 6.07) is 5.36. The van der Waals surface area contributed by atoms with Gasteiger partial charge in [-0.05, 0) is 73.6 Å². The predicted molar refractivity (Wildman–Crippen MR) is 104 cm³/mol. The standard InChI is InChI=1S/C19H26F3NO2.C2H6/c1-13-3-6-16(25-10-9-19(20,21)22)11-17(13)18(12-23)14-4-7-15(24-2)8-5-14;1-2/h3,6,11-12,14-15H,4-5,7-10,23H2,1-2H3;1-2H3/b18-12+;. The van der Waals surface area contributed by atoms with Gasteiger partial charge in [-0.15, -0.1) is 0 Å². The molecular formula is C21H32F3NO2. The van der Waals surface area contributed by atoms with E-state index in [-0.39, 0.29) is 6.61 Å². The molecule has 1 saturated carbocycles. The number of hydrogen-bond acceptors (Lipinski definition) is 3. The molecule has 1 aliphatic carbocycles. The van der Waals surface area contributed by atoms with E-state index in [0.717, 1.165) is 42.4 Å². The van der Waals surface area contributed by atoms with Crippen molar-refractivity contribution < 1.29 is 22.6 Å². The van der Waals surface area contributed by atoms with Gasteiger partial charge in [0.2, 0.25) is 0 Å². The number of nitrogens with two attached hydrogens (primary N) is 1. The minimum Gasteiger partial charge on any atom is -0.493 e. The van der Waals surface area contributed by atoms with Crippen LogP contribution in [0, 0.1) is 12.8 Å². The average Bonchev–Trinajstić information content (AvgIpc) is 2.66. The fraction of sp³-hybridized carbons (Fsp3) is 0.619. The average molecular weight is 387 g/mol. The number of allylic oxidation sites excluding steroid dienone is 1. The Morgan fingerprint density at radius 3 is 2.33 bits per heavy atom. The van der Waals surface area contributed by atoms with Crippen molar-refractivity contribution in [2.24, 2.45) is 11.7 Å². The maximum Gasteiger partial charge on any atom is 0.392 e. The Labute approximate surface area is 160 Å². The molecule has 154 valence electrons. The van der Waals surface area contributed by atoms with Crippen LogP contribution in [-0.2, 0) is 4.74 Å². The summed E-state index contributed by atoms with van der Waals surface area (Å²) in [5.74, 6) is 0.773. The molecule has 1 fully saturated rings. The number of hydrogen-bond donors (Lipinski definition) is 1. The molecule has 27 heavy (non-hydrogen) atoms. The van der Waals surface area contributed by atoms with Gasteiger partial charge in [0, 0.05) is 7.11 Å². The minimum absolute atomic E-state index is 0.299. The third-order valence-electron chi connectivity index (χ3n) is 4.80. The predicted octanol–water partition coefficient (Wildman–Crippen LogP) is 5.86. The molecule has 0 aromatic heterocycles. The third-order valence-corrected chi connectivity index (χ3v) is 4.80. The summed E-state index contributed by atoms with van der Waals surface area (Å²) in [6.45, 7) is 5.59. The molecule has 3 nitrogen and oxygen atoms in total. The summed E-state index contributed by atoms with van der Waals surface area (Å²) in [4.78, 5) is 0. The zero-order valence-electron chi connectivity index (χ0n) is 16.7. The van der Waals surface area contributed by atoms with Gasteiger partial charge in [-0.1, -0.05) is 19.9 Å². The molecule has 0 atom stereocenters. The molecule has 0 bridgehead atoms. The maximum atomic E-state index is 12.3.